The summed E-state index contributed by atoms with van der Waals surface area (Å²) < 4.78 is 0. The number of aryl methyl sites for hydroxylation is 1. The molecule has 0 saturated carbocycles. The quantitative estimate of drug-likeness (QED) is 0.842. The Morgan fingerprint density at radius 2 is 2.12 bits per heavy atom. The number of rotatable bonds is 3. The SMILES string of the molecule is CCN(C)C1(CN)CCCc2ccccc21. The molecule has 1 aliphatic rings. The van der Waals surface area contributed by atoms with E-state index >= 15 is 0 Å². The van der Waals surface area contributed by atoms with Gasteiger partial charge < -0.3 is 5.73 Å². The van der Waals surface area contributed by atoms with Crippen molar-refractivity contribution < 1.29 is 0 Å². The maximum Gasteiger partial charge on any atom is 0.0583 e. The van der Waals surface area contributed by atoms with Crippen molar-refractivity contribution in [3.63, 3.8) is 0 Å². The van der Waals surface area contributed by atoms with E-state index in [2.05, 4.69) is 43.1 Å². The first-order chi connectivity index (χ1) is 7.74. The molecule has 0 radical (unpaired) electrons. The molecule has 0 aliphatic heterocycles. The Hall–Kier alpha value is -0.860. The predicted molar refractivity (Wildman–Crippen MR) is 68.4 cm³/mol. The summed E-state index contributed by atoms with van der Waals surface area (Å²) in [6, 6.07) is 8.78. The van der Waals surface area contributed by atoms with Crippen molar-refractivity contribution in [1.29, 1.82) is 0 Å². The number of nitrogens with two attached hydrogens (primary N) is 1. The largest absolute Gasteiger partial charge is 0.328 e. The Kier molecular flexibility index (Phi) is 3.31. The molecule has 0 saturated heterocycles. The van der Waals surface area contributed by atoms with Crippen LogP contribution in [0.5, 0.6) is 0 Å². The molecule has 1 aliphatic carbocycles. The van der Waals surface area contributed by atoms with Gasteiger partial charge in [-0.15, -0.1) is 0 Å². The van der Waals surface area contributed by atoms with Gasteiger partial charge in [0.25, 0.3) is 0 Å². The standard InChI is InChI=1S/C14H22N2/c1-3-16(2)14(11-15)10-6-8-12-7-4-5-9-13(12)14/h4-5,7,9H,3,6,8,10-11,15H2,1-2H3. The average Bonchev–Trinajstić information content (AvgIpc) is 2.37. The Bertz CT molecular complexity index is 362. The molecule has 16 heavy (non-hydrogen) atoms. The van der Waals surface area contributed by atoms with Crippen LogP contribution in [-0.2, 0) is 12.0 Å². The number of hydrogen-bond acceptors (Lipinski definition) is 2. The first-order valence-electron chi connectivity index (χ1n) is 6.24. The topological polar surface area (TPSA) is 29.3 Å². The normalized spacial score (nSPS) is 24.5. The molecule has 0 spiro atoms. The van der Waals surface area contributed by atoms with E-state index in [0.717, 1.165) is 6.54 Å². The third-order valence-corrected chi connectivity index (χ3v) is 4.10. The van der Waals surface area contributed by atoms with E-state index in [-0.39, 0.29) is 5.54 Å². The summed E-state index contributed by atoms with van der Waals surface area (Å²) in [5.74, 6) is 0. The summed E-state index contributed by atoms with van der Waals surface area (Å²) in [4.78, 5) is 2.41. The van der Waals surface area contributed by atoms with E-state index in [0.29, 0.717) is 6.54 Å². The molecule has 1 atom stereocenters. The third kappa shape index (κ3) is 1.66. The zero-order chi connectivity index (χ0) is 11.6. The lowest BCUT2D eigenvalue weighted by molar-refractivity contribution is 0.110. The van der Waals surface area contributed by atoms with Gasteiger partial charge in [0, 0.05) is 6.54 Å². The smallest absolute Gasteiger partial charge is 0.0583 e. The van der Waals surface area contributed by atoms with Gasteiger partial charge in [0.15, 0.2) is 0 Å². The predicted octanol–water partition coefficient (Wildman–Crippen LogP) is 2.13. The Labute approximate surface area is 98.4 Å². The van der Waals surface area contributed by atoms with Crippen LogP contribution in [-0.4, -0.2) is 25.0 Å². The third-order valence-electron chi connectivity index (χ3n) is 4.10. The molecule has 2 nitrogen and oxygen atoms in total. The first kappa shape index (κ1) is 11.6. The highest BCUT2D eigenvalue weighted by Gasteiger charge is 2.37. The second-order valence-electron chi connectivity index (χ2n) is 4.76. The summed E-state index contributed by atoms with van der Waals surface area (Å²) in [6.45, 7) is 3.97. The van der Waals surface area contributed by atoms with Crippen molar-refractivity contribution in [1.82, 2.24) is 4.90 Å². The average molecular weight is 218 g/mol. The molecule has 0 bridgehead atoms. The monoisotopic (exact) mass is 218 g/mol. The van der Waals surface area contributed by atoms with Crippen LogP contribution in [0.25, 0.3) is 0 Å². The van der Waals surface area contributed by atoms with Crippen LogP contribution >= 0.6 is 0 Å². The molecule has 2 N–H and O–H groups in total. The van der Waals surface area contributed by atoms with E-state index in [1.807, 2.05) is 0 Å². The summed E-state index contributed by atoms with van der Waals surface area (Å²) >= 11 is 0. The van der Waals surface area contributed by atoms with E-state index in [1.54, 1.807) is 0 Å². The molecule has 2 heteroatoms. The number of fused-ring (bicyclic) bond motifs is 1. The van der Waals surface area contributed by atoms with Crippen LogP contribution in [0.1, 0.15) is 30.9 Å². The van der Waals surface area contributed by atoms with Crippen LogP contribution in [0.3, 0.4) is 0 Å². The Balaban J connectivity index is 2.49. The van der Waals surface area contributed by atoms with Crippen molar-refractivity contribution in [3.05, 3.63) is 35.4 Å². The van der Waals surface area contributed by atoms with E-state index in [1.165, 1.54) is 30.4 Å². The molecule has 1 aromatic rings. The number of benzene rings is 1. The lowest BCUT2D eigenvalue weighted by Gasteiger charge is -2.45. The molecule has 0 amide bonds. The summed E-state index contributed by atoms with van der Waals surface area (Å²) in [5.41, 5.74) is 9.10. The fourth-order valence-electron chi connectivity index (χ4n) is 2.97. The molecule has 0 heterocycles. The van der Waals surface area contributed by atoms with E-state index < -0.39 is 0 Å². The van der Waals surface area contributed by atoms with Gasteiger partial charge in [-0.3, -0.25) is 4.90 Å². The van der Waals surface area contributed by atoms with Crippen LogP contribution < -0.4 is 5.73 Å². The second-order valence-corrected chi connectivity index (χ2v) is 4.76. The van der Waals surface area contributed by atoms with Crippen molar-refractivity contribution in [2.45, 2.75) is 31.7 Å². The minimum absolute atomic E-state index is 0.0730. The maximum absolute atomic E-state index is 6.09. The highest BCUT2D eigenvalue weighted by atomic mass is 15.2. The fourth-order valence-corrected chi connectivity index (χ4v) is 2.97. The molecule has 88 valence electrons. The van der Waals surface area contributed by atoms with Crippen molar-refractivity contribution in [3.8, 4) is 0 Å². The van der Waals surface area contributed by atoms with Crippen molar-refractivity contribution in [2.75, 3.05) is 20.1 Å². The van der Waals surface area contributed by atoms with Crippen molar-refractivity contribution in [2.24, 2.45) is 5.73 Å². The second kappa shape index (κ2) is 4.56. The highest BCUT2D eigenvalue weighted by molar-refractivity contribution is 5.36. The van der Waals surface area contributed by atoms with Gasteiger partial charge in [0.2, 0.25) is 0 Å². The fraction of sp³-hybridized carbons (Fsp3) is 0.571. The number of likely N-dealkylation sites (N-methyl/N-ethyl adjacent to an activating group) is 1. The zero-order valence-electron chi connectivity index (χ0n) is 10.4. The maximum atomic E-state index is 6.09. The van der Waals surface area contributed by atoms with Gasteiger partial charge in [-0.2, -0.15) is 0 Å². The van der Waals surface area contributed by atoms with Gasteiger partial charge in [0.1, 0.15) is 0 Å². The lowest BCUT2D eigenvalue weighted by atomic mass is 9.75. The van der Waals surface area contributed by atoms with E-state index in [9.17, 15) is 0 Å². The molecule has 1 unspecified atom stereocenters. The number of nitrogens with zero attached hydrogens (tertiary/aromatic N) is 1. The van der Waals surface area contributed by atoms with Crippen molar-refractivity contribution >= 4 is 0 Å². The molecule has 1 aromatic carbocycles. The van der Waals surface area contributed by atoms with Crippen LogP contribution in [0.4, 0.5) is 0 Å². The van der Waals surface area contributed by atoms with Gasteiger partial charge in [-0.1, -0.05) is 31.2 Å². The summed E-state index contributed by atoms with van der Waals surface area (Å²) in [5, 5.41) is 0. The van der Waals surface area contributed by atoms with Gasteiger partial charge >= 0.3 is 0 Å². The molecule has 0 fully saturated rings. The Morgan fingerprint density at radius 1 is 1.38 bits per heavy atom. The molecular formula is C14H22N2. The summed E-state index contributed by atoms with van der Waals surface area (Å²) in [6.07, 6.45) is 3.64. The lowest BCUT2D eigenvalue weighted by Crippen LogP contribution is -2.51. The van der Waals surface area contributed by atoms with Gasteiger partial charge in [-0.25, -0.2) is 0 Å². The van der Waals surface area contributed by atoms with Crippen LogP contribution in [0.15, 0.2) is 24.3 Å². The minimum Gasteiger partial charge on any atom is -0.328 e. The summed E-state index contributed by atoms with van der Waals surface area (Å²) in [7, 11) is 2.19. The molecule has 0 aromatic heterocycles. The Morgan fingerprint density at radius 3 is 2.81 bits per heavy atom. The van der Waals surface area contributed by atoms with Crippen LogP contribution in [0.2, 0.25) is 0 Å². The molecular weight excluding hydrogens is 196 g/mol. The first-order valence-corrected chi connectivity index (χ1v) is 6.24. The van der Waals surface area contributed by atoms with Gasteiger partial charge in [0.05, 0.1) is 5.54 Å². The zero-order valence-corrected chi connectivity index (χ0v) is 10.4. The number of hydrogen-bond donors (Lipinski definition) is 1. The van der Waals surface area contributed by atoms with E-state index in [4.69, 9.17) is 5.73 Å². The van der Waals surface area contributed by atoms with Crippen LogP contribution in [0, 0.1) is 0 Å². The highest BCUT2D eigenvalue weighted by Crippen LogP contribution is 2.38. The molecule has 2 rings (SSSR count). The van der Waals surface area contributed by atoms with Gasteiger partial charge in [-0.05, 0) is 44.0 Å². The minimum atomic E-state index is 0.0730.